The SMILES string of the molecule is C1=CC2C=CC(C=C1)C2. The largest absolute Gasteiger partial charge is 0.0810 e. The number of fused-ring (bicyclic) bond motifs is 2. The van der Waals surface area contributed by atoms with Crippen molar-refractivity contribution in [3.8, 4) is 0 Å². The van der Waals surface area contributed by atoms with Gasteiger partial charge in [-0.3, -0.25) is 0 Å². The van der Waals surface area contributed by atoms with Gasteiger partial charge >= 0.3 is 0 Å². The molecule has 2 aliphatic carbocycles. The Labute approximate surface area is 55.6 Å². The predicted molar refractivity (Wildman–Crippen MR) is 39.0 cm³/mol. The van der Waals surface area contributed by atoms with E-state index in [-0.39, 0.29) is 0 Å². The van der Waals surface area contributed by atoms with Crippen LogP contribution in [0.15, 0.2) is 36.5 Å². The lowest BCUT2D eigenvalue weighted by Crippen LogP contribution is -1.88. The third kappa shape index (κ3) is 0.849. The van der Waals surface area contributed by atoms with Crippen molar-refractivity contribution in [2.24, 2.45) is 11.8 Å². The Kier molecular flexibility index (Phi) is 1.05. The van der Waals surface area contributed by atoms with E-state index < -0.39 is 0 Å². The van der Waals surface area contributed by atoms with E-state index in [2.05, 4.69) is 36.5 Å². The maximum atomic E-state index is 2.30. The van der Waals surface area contributed by atoms with Crippen LogP contribution in [-0.2, 0) is 0 Å². The molecule has 0 heterocycles. The summed E-state index contributed by atoms with van der Waals surface area (Å²) >= 11 is 0. The number of hydrogen-bond donors (Lipinski definition) is 0. The molecule has 0 amide bonds. The van der Waals surface area contributed by atoms with Crippen molar-refractivity contribution in [3.63, 3.8) is 0 Å². The van der Waals surface area contributed by atoms with Crippen molar-refractivity contribution in [3.05, 3.63) is 36.5 Å². The summed E-state index contributed by atoms with van der Waals surface area (Å²) in [7, 11) is 0. The highest BCUT2D eigenvalue weighted by atomic mass is 14.2. The van der Waals surface area contributed by atoms with E-state index in [9.17, 15) is 0 Å². The van der Waals surface area contributed by atoms with Crippen LogP contribution in [0.4, 0.5) is 0 Å². The summed E-state index contributed by atoms with van der Waals surface area (Å²) in [6.45, 7) is 0. The molecule has 2 atom stereocenters. The van der Waals surface area contributed by atoms with Crippen LogP contribution in [0.25, 0.3) is 0 Å². The molecule has 0 spiro atoms. The van der Waals surface area contributed by atoms with Gasteiger partial charge in [0.2, 0.25) is 0 Å². The second-order valence-corrected chi connectivity index (χ2v) is 2.72. The minimum atomic E-state index is 0.727. The fourth-order valence-corrected chi connectivity index (χ4v) is 1.46. The fraction of sp³-hybridized carbons (Fsp3) is 0.333. The van der Waals surface area contributed by atoms with Crippen molar-refractivity contribution in [1.82, 2.24) is 0 Å². The van der Waals surface area contributed by atoms with Crippen molar-refractivity contribution in [2.45, 2.75) is 6.42 Å². The summed E-state index contributed by atoms with van der Waals surface area (Å²) in [4.78, 5) is 0. The van der Waals surface area contributed by atoms with E-state index in [1.807, 2.05) is 0 Å². The zero-order chi connectivity index (χ0) is 6.10. The molecule has 0 heteroatoms. The molecule has 0 aromatic rings. The average molecular weight is 118 g/mol. The van der Waals surface area contributed by atoms with Crippen LogP contribution in [-0.4, -0.2) is 0 Å². The van der Waals surface area contributed by atoms with Crippen LogP contribution in [0.5, 0.6) is 0 Å². The molecule has 2 unspecified atom stereocenters. The summed E-state index contributed by atoms with van der Waals surface area (Å²) in [5.41, 5.74) is 0. The third-order valence-electron chi connectivity index (χ3n) is 1.98. The first-order valence-electron chi connectivity index (χ1n) is 3.48. The van der Waals surface area contributed by atoms with Crippen LogP contribution < -0.4 is 0 Å². The van der Waals surface area contributed by atoms with Crippen LogP contribution >= 0.6 is 0 Å². The molecular formula is C9H10. The highest BCUT2D eigenvalue weighted by Gasteiger charge is 2.14. The Balaban J connectivity index is 2.31. The molecule has 0 aromatic heterocycles. The van der Waals surface area contributed by atoms with Crippen LogP contribution in [0, 0.1) is 11.8 Å². The minimum Gasteiger partial charge on any atom is -0.0810 e. The molecule has 2 bridgehead atoms. The molecule has 2 rings (SSSR count). The third-order valence-corrected chi connectivity index (χ3v) is 1.98. The second kappa shape index (κ2) is 1.87. The second-order valence-electron chi connectivity index (χ2n) is 2.72. The summed E-state index contributed by atoms with van der Waals surface area (Å²) in [6.07, 6.45) is 14.7. The van der Waals surface area contributed by atoms with Crippen LogP contribution in [0.2, 0.25) is 0 Å². The summed E-state index contributed by atoms with van der Waals surface area (Å²) < 4.78 is 0. The van der Waals surface area contributed by atoms with E-state index in [4.69, 9.17) is 0 Å². The molecule has 9 heavy (non-hydrogen) atoms. The molecule has 0 saturated heterocycles. The summed E-state index contributed by atoms with van der Waals surface area (Å²) in [5, 5.41) is 0. The van der Waals surface area contributed by atoms with Gasteiger partial charge in [-0.25, -0.2) is 0 Å². The molecule has 2 aliphatic rings. The number of allylic oxidation sites excluding steroid dienone is 6. The maximum absolute atomic E-state index is 2.30. The zero-order valence-electron chi connectivity index (χ0n) is 5.33. The molecule has 0 aliphatic heterocycles. The molecule has 0 fully saturated rings. The molecule has 0 radical (unpaired) electrons. The zero-order valence-corrected chi connectivity index (χ0v) is 5.33. The van der Waals surface area contributed by atoms with Crippen LogP contribution in [0.3, 0.4) is 0 Å². The molecular weight excluding hydrogens is 108 g/mol. The van der Waals surface area contributed by atoms with Gasteiger partial charge in [-0.2, -0.15) is 0 Å². The monoisotopic (exact) mass is 118 g/mol. The van der Waals surface area contributed by atoms with Crippen molar-refractivity contribution in [1.29, 1.82) is 0 Å². The highest BCUT2D eigenvalue weighted by molar-refractivity contribution is 5.21. The van der Waals surface area contributed by atoms with Crippen molar-refractivity contribution < 1.29 is 0 Å². The van der Waals surface area contributed by atoms with Crippen LogP contribution in [0.1, 0.15) is 6.42 Å². The van der Waals surface area contributed by atoms with E-state index in [1.54, 1.807) is 0 Å². The van der Waals surface area contributed by atoms with Crippen molar-refractivity contribution >= 4 is 0 Å². The van der Waals surface area contributed by atoms with Gasteiger partial charge in [-0.15, -0.1) is 0 Å². The highest BCUT2D eigenvalue weighted by Crippen LogP contribution is 2.27. The van der Waals surface area contributed by atoms with E-state index in [0.29, 0.717) is 0 Å². The van der Waals surface area contributed by atoms with Gasteiger partial charge in [0.25, 0.3) is 0 Å². The Morgan fingerprint density at radius 2 is 1.33 bits per heavy atom. The molecule has 46 valence electrons. The average Bonchev–Trinajstić information content (AvgIpc) is 2.09. The van der Waals surface area contributed by atoms with Gasteiger partial charge in [0.05, 0.1) is 0 Å². The Bertz CT molecular complexity index is 164. The van der Waals surface area contributed by atoms with E-state index in [0.717, 1.165) is 11.8 Å². The molecule has 0 saturated carbocycles. The minimum absolute atomic E-state index is 0.727. The fourth-order valence-electron chi connectivity index (χ4n) is 1.46. The topological polar surface area (TPSA) is 0 Å². The quantitative estimate of drug-likeness (QED) is 0.428. The predicted octanol–water partition coefficient (Wildman–Crippen LogP) is 2.30. The molecule has 0 nitrogen and oxygen atoms in total. The van der Waals surface area contributed by atoms with Gasteiger partial charge in [0, 0.05) is 0 Å². The Morgan fingerprint density at radius 1 is 0.778 bits per heavy atom. The first-order chi connectivity index (χ1) is 4.45. The molecule has 0 N–H and O–H groups in total. The number of hydrogen-bond acceptors (Lipinski definition) is 0. The lowest BCUT2D eigenvalue weighted by atomic mass is 10.1. The normalized spacial score (nSPS) is 37.3. The Morgan fingerprint density at radius 3 is 1.89 bits per heavy atom. The van der Waals surface area contributed by atoms with Gasteiger partial charge < -0.3 is 0 Å². The van der Waals surface area contributed by atoms with Crippen molar-refractivity contribution in [2.75, 3.05) is 0 Å². The smallest absolute Gasteiger partial charge is 0.00416 e. The van der Waals surface area contributed by atoms with E-state index in [1.165, 1.54) is 6.42 Å². The lowest BCUT2D eigenvalue weighted by Gasteiger charge is -1.99. The van der Waals surface area contributed by atoms with Gasteiger partial charge in [-0.1, -0.05) is 36.5 Å². The van der Waals surface area contributed by atoms with Gasteiger partial charge in [-0.05, 0) is 18.3 Å². The summed E-state index contributed by atoms with van der Waals surface area (Å²) in [5.74, 6) is 1.45. The van der Waals surface area contributed by atoms with E-state index >= 15 is 0 Å². The maximum Gasteiger partial charge on any atom is -0.00416 e. The number of rotatable bonds is 0. The summed E-state index contributed by atoms with van der Waals surface area (Å²) in [6, 6.07) is 0. The first-order valence-corrected chi connectivity index (χ1v) is 3.48. The Hall–Kier alpha value is -0.780. The van der Waals surface area contributed by atoms with Gasteiger partial charge in [0.1, 0.15) is 0 Å². The standard InChI is InChI=1S/C9H10/c1-2-4-9-6-5-8(3-1)7-9/h1-6,8-9H,7H2. The van der Waals surface area contributed by atoms with Gasteiger partial charge in [0.15, 0.2) is 0 Å². The lowest BCUT2D eigenvalue weighted by molar-refractivity contribution is 0.683. The molecule has 0 aromatic carbocycles. The first kappa shape index (κ1) is 5.04.